The van der Waals surface area contributed by atoms with Gasteiger partial charge in [-0.25, -0.2) is 4.98 Å². The Morgan fingerprint density at radius 3 is 2.63 bits per heavy atom. The van der Waals surface area contributed by atoms with Crippen molar-refractivity contribution < 1.29 is 19.2 Å². The first-order valence-electron chi connectivity index (χ1n) is 13.9. The van der Waals surface area contributed by atoms with E-state index < -0.39 is 12.1 Å². The number of carbonyl (C=O) groups is 2. The Kier molecular flexibility index (Phi) is 9.23. The standard InChI is InChI=1S/C31H35N5O4S/c1-20-14-25(40-35-20)17-32-18-28(37)26(15-22-8-4-3-5-9-22)34-29(38)23-10-6-11-24(16-23)31(39)36-13-7-12-27(36)30-33-21(2)19-41-30/h3-6,8-11,14,16,19,26-28,32,37H,7,12-13,15,17-18H2,1-2H3,(H,34,38)/t26-,27?,28+/m0/s1. The zero-order valence-electron chi connectivity index (χ0n) is 23.2. The lowest BCUT2D eigenvalue weighted by atomic mass is 10.00. The van der Waals surface area contributed by atoms with Crippen molar-refractivity contribution in [3.63, 3.8) is 0 Å². The molecular formula is C31H35N5O4S. The molecule has 3 atom stereocenters. The van der Waals surface area contributed by atoms with Crippen LogP contribution in [0.4, 0.5) is 0 Å². The third-order valence-electron chi connectivity index (χ3n) is 7.22. The lowest BCUT2D eigenvalue weighted by Gasteiger charge is -2.25. The molecule has 3 heterocycles. The minimum Gasteiger partial charge on any atom is -0.390 e. The SMILES string of the molecule is Cc1cc(CNC[C@@H](O)[C@H](Cc2ccccc2)NC(=O)c2cccc(C(=O)N3CCCC3c3nc(C)cs3)c2)on1. The van der Waals surface area contributed by atoms with Crippen LogP contribution in [0, 0.1) is 13.8 Å². The molecule has 10 heteroatoms. The van der Waals surface area contributed by atoms with Crippen LogP contribution < -0.4 is 10.6 Å². The molecule has 0 spiro atoms. The van der Waals surface area contributed by atoms with Gasteiger partial charge in [-0.3, -0.25) is 9.59 Å². The number of aliphatic hydroxyl groups is 1. The van der Waals surface area contributed by atoms with Crippen LogP contribution in [0.25, 0.3) is 0 Å². The number of nitrogens with one attached hydrogen (secondary N) is 2. The van der Waals surface area contributed by atoms with Crippen molar-refractivity contribution in [1.29, 1.82) is 0 Å². The first-order valence-corrected chi connectivity index (χ1v) is 14.7. The van der Waals surface area contributed by atoms with E-state index in [-0.39, 0.29) is 24.4 Å². The summed E-state index contributed by atoms with van der Waals surface area (Å²) in [5.41, 5.74) is 3.56. The second kappa shape index (κ2) is 13.2. The largest absolute Gasteiger partial charge is 0.390 e. The van der Waals surface area contributed by atoms with E-state index in [2.05, 4.69) is 20.8 Å². The number of aromatic nitrogens is 2. The maximum atomic E-state index is 13.5. The lowest BCUT2D eigenvalue weighted by molar-refractivity contribution is 0.0735. The van der Waals surface area contributed by atoms with Crippen molar-refractivity contribution in [2.24, 2.45) is 0 Å². The second-order valence-corrected chi connectivity index (χ2v) is 11.4. The molecule has 2 aromatic carbocycles. The van der Waals surface area contributed by atoms with Gasteiger partial charge in [-0.1, -0.05) is 41.6 Å². The second-order valence-electron chi connectivity index (χ2n) is 10.5. The summed E-state index contributed by atoms with van der Waals surface area (Å²) in [4.78, 5) is 33.4. The fourth-order valence-electron chi connectivity index (χ4n) is 5.14. The van der Waals surface area contributed by atoms with Crippen LogP contribution in [0.1, 0.15) is 67.3 Å². The fraction of sp³-hybridized carbons (Fsp3) is 0.355. The van der Waals surface area contributed by atoms with Crippen molar-refractivity contribution in [1.82, 2.24) is 25.7 Å². The number of aryl methyl sites for hydroxylation is 2. The van der Waals surface area contributed by atoms with Crippen molar-refractivity contribution in [3.05, 3.63) is 105 Å². The quantitative estimate of drug-likeness (QED) is 0.246. The van der Waals surface area contributed by atoms with E-state index in [4.69, 9.17) is 4.52 Å². The summed E-state index contributed by atoms with van der Waals surface area (Å²) in [5.74, 6) is 0.215. The predicted molar refractivity (Wildman–Crippen MR) is 157 cm³/mol. The number of hydrogen-bond acceptors (Lipinski definition) is 8. The topological polar surface area (TPSA) is 121 Å². The summed E-state index contributed by atoms with van der Waals surface area (Å²) in [6, 6.07) is 17.7. The minimum atomic E-state index is -0.875. The normalized spacial score (nSPS) is 16.5. The van der Waals surface area contributed by atoms with Gasteiger partial charge in [0.05, 0.1) is 30.4 Å². The number of hydrogen-bond donors (Lipinski definition) is 3. The monoisotopic (exact) mass is 573 g/mol. The number of likely N-dealkylation sites (tertiary alicyclic amines) is 1. The van der Waals surface area contributed by atoms with Crippen LogP contribution in [0.3, 0.4) is 0 Å². The average Bonchev–Trinajstić information content (AvgIpc) is 3.74. The first kappa shape index (κ1) is 28.7. The van der Waals surface area contributed by atoms with Gasteiger partial charge in [-0.15, -0.1) is 11.3 Å². The molecular weight excluding hydrogens is 538 g/mol. The molecule has 0 bridgehead atoms. The Bertz CT molecular complexity index is 1470. The van der Waals surface area contributed by atoms with E-state index in [1.54, 1.807) is 35.6 Å². The molecule has 9 nitrogen and oxygen atoms in total. The summed E-state index contributed by atoms with van der Waals surface area (Å²) >= 11 is 1.58. The number of carbonyl (C=O) groups excluding carboxylic acids is 2. The summed E-state index contributed by atoms with van der Waals surface area (Å²) < 4.78 is 5.23. The molecule has 214 valence electrons. The third kappa shape index (κ3) is 7.27. The van der Waals surface area contributed by atoms with Crippen LogP contribution in [0.2, 0.25) is 0 Å². The van der Waals surface area contributed by atoms with Gasteiger partial charge in [-0.05, 0) is 56.9 Å². The number of thiazole rings is 1. The van der Waals surface area contributed by atoms with Gasteiger partial charge >= 0.3 is 0 Å². The average molecular weight is 574 g/mol. The van der Waals surface area contributed by atoms with Crippen molar-refractivity contribution in [2.75, 3.05) is 13.1 Å². The molecule has 0 radical (unpaired) electrons. The van der Waals surface area contributed by atoms with Crippen molar-refractivity contribution in [2.45, 2.75) is 57.8 Å². The highest BCUT2D eigenvalue weighted by atomic mass is 32.1. The van der Waals surface area contributed by atoms with Crippen LogP contribution in [0.15, 0.2) is 70.6 Å². The third-order valence-corrected chi connectivity index (χ3v) is 8.28. The summed E-state index contributed by atoms with van der Waals surface area (Å²) in [5, 5.41) is 24.1. The van der Waals surface area contributed by atoms with Gasteiger partial charge < -0.3 is 25.2 Å². The Morgan fingerprint density at radius 1 is 1.10 bits per heavy atom. The zero-order chi connectivity index (χ0) is 28.8. The van der Waals surface area contributed by atoms with Gasteiger partial charge in [0.15, 0.2) is 5.76 Å². The van der Waals surface area contributed by atoms with E-state index in [1.807, 2.05) is 60.5 Å². The summed E-state index contributed by atoms with van der Waals surface area (Å²) in [7, 11) is 0. The Balaban J connectivity index is 1.27. The van der Waals surface area contributed by atoms with E-state index in [0.717, 1.165) is 34.8 Å². The number of benzene rings is 2. The van der Waals surface area contributed by atoms with Gasteiger partial charge in [0.2, 0.25) is 0 Å². The molecule has 41 heavy (non-hydrogen) atoms. The molecule has 1 fully saturated rings. The molecule has 1 unspecified atom stereocenters. The van der Waals surface area contributed by atoms with Crippen molar-refractivity contribution in [3.8, 4) is 0 Å². The molecule has 1 aliphatic heterocycles. The zero-order valence-corrected chi connectivity index (χ0v) is 24.1. The highest BCUT2D eigenvalue weighted by molar-refractivity contribution is 7.09. The van der Waals surface area contributed by atoms with Crippen molar-refractivity contribution >= 4 is 23.2 Å². The Morgan fingerprint density at radius 2 is 1.90 bits per heavy atom. The first-order chi connectivity index (χ1) is 19.9. The Hall–Kier alpha value is -3.86. The maximum absolute atomic E-state index is 13.5. The van der Waals surface area contributed by atoms with Crippen LogP contribution in [-0.2, 0) is 13.0 Å². The van der Waals surface area contributed by atoms with Gasteiger partial charge in [0.1, 0.15) is 5.01 Å². The molecule has 4 aromatic rings. The summed E-state index contributed by atoms with van der Waals surface area (Å²) in [6.45, 7) is 5.11. The predicted octanol–water partition coefficient (Wildman–Crippen LogP) is 4.22. The molecule has 0 aliphatic carbocycles. The number of nitrogens with zero attached hydrogens (tertiary/aromatic N) is 3. The lowest BCUT2D eigenvalue weighted by Crippen LogP contribution is -2.48. The van der Waals surface area contributed by atoms with Crippen LogP contribution in [-0.4, -0.2) is 57.2 Å². The molecule has 5 rings (SSSR count). The van der Waals surface area contributed by atoms with E-state index >= 15 is 0 Å². The molecule has 2 amide bonds. The molecule has 3 N–H and O–H groups in total. The number of amides is 2. The van der Waals surface area contributed by atoms with E-state index in [9.17, 15) is 14.7 Å². The molecule has 2 aromatic heterocycles. The summed E-state index contributed by atoms with van der Waals surface area (Å²) in [6.07, 6.45) is 1.36. The molecule has 1 aliphatic rings. The van der Waals surface area contributed by atoms with Crippen LogP contribution in [0.5, 0.6) is 0 Å². The number of aliphatic hydroxyl groups excluding tert-OH is 1. The van der Waals surface area contributed by atoms with Crippen LogP contribution >= 0.6 is 11.3 Å². The smallest absolute Gasteiger partial charge is 0.254 e. The molecule has 0 saturated carbocycles. The maximum Gasteiger partial charge on any atom is 0.254 e. The van der Waals surface area contributed by atoms with Gasteiger partial charge in [-0.2, -0.15) is 0 Å². The number of rotatable bonds is 11. The minimum absolute atomic E-state index is 0.0440. The van der Waals surface area contributed by atoms with E-state index in [0.29, 0.717) is 36.4 Å². The fourth-order valence-corrected chi connectivity index (χ4v) is 6.08. The van der Waals surface area contributed by atoms with E-state index in [1.165, 1.54) is 0 Å². The highest BCUT2D eigenvalue weighted by Gasteiger charge is 2.33. The highest BCUT2D eigenvalue weighted by Crippen LogP contribution is 2.34. The van der Waals surface area contributed by atoms with Gasteiger partial charge in [0, 0.05) is 41.4 Å². The molecule has 1 saturated heterocycles. The van der Waals surface area contributed by atoms with Gasteiger partial charge in [0.25, 0.3) is 11.8 Å². The Labute approximate surface area is 243 Å².